The summed E-state index contributed by atoms with van der Waals surface area (Å²) in [6.45, 7) is 6.92. The number of hydrogen-bond acceptors (Lipinski definition) is 3. The molecule has 3 rings (SSSR count). The largest absolute Gasteiger partial charge is 0.312 e. The van der Waals surface area contributed by atoms with Crippen molar-refractivity contribution in [2.75, 3.05) is 16.2 Å². The van der Waals surface area contributed by atoms with Crippen molar-refractivity contribution in [1.82, 2.24) is 0 Å². The Morgan fingerprint density at radius 3 is 2.31 bits per heavy atom. The molecule has 1 aliphatic heterocycles. The van der Waals surface area contributed by atoms with Crippen LogP contribution in [0.1, 0.15) is 39.2 Å². The molecule has 0 bridgehead atoms. The molecule has 2 aromatic carbocycles. The zero-order valence-electron chi connectivity index (χ0n) is 15.3. The maximum absolute atomic E-state index is 12.7. The van der Waals surface area contributed by atoms with Crippen LogP contribution in [0.2, 0.25) is 0 Å². The molecule has 2 aromatic rings. The van der Waals surface area contributed by atoms with Crippen LogP contribution in [0, 0.1) is 0 Å². The molecule has 6 heteroatoms. The molecule has 26 heavy (non-hydrogen) atoms. The summed E-state index contributed by atoms with van der Waals surface area (Å²) >= 11 is 0. The second-order valence-electron chi connectivity index (χ2n) is 7.58. The molecule has 0 unspecified atom stereocenters. The lowest BCUT2D eigenvalue weighted by atomic mass is 9.87. The molecular weight excluding hydrogens is 348 g/mol. The standard InChI is InChI=1S/C20H24N2O3S/c1-20(2,3)15-9-11-18(12-10-15)26(24,25)21-16-6-4-7-17(14-16)22-13-5-8-19(22)23/h4,6-7,9-12,14,21H,5,8,13H2,1-3H3. The maximum atomic E-state index is 12.7. The van der Waals surface area contributed by atoms with Crippen LogP contribution < -0.4 is 9.62 Å². The van der Waals surface area contributed by atoms with Crippen LogP contribution in [-0.4, -0.2) is 20.9 Å². The van der Waals surface area contributed by atoms with Gasteiger partial charge in [0.1, 0.15) is 0 Å². The van der Waals surface area contributed by atoms with Crippen molar-refractivity contribution in [2.24, 2.45) is 0 Å². The van der Waals surface area contributed by atoms with Gasteiger partial charge in [-0.2, -0.15) is 0 Å². The SMILES string of the molecule is CC(C)(C)c1ccc(S(=O)(=O)Nc2cccc(N3CCCC3=O)c2)cc1. The van der Waals surface area contributed by atoms with E-state index in [1.165, 1.54) is 0 Å². The number of nitrogens with zero attached hydrogens (tertiary/aromatic N) is 1. The fourth-order valence-electron chi connectivity index (χ4n) is 3.01. The summed E-state index contributed by atoms with van der Waals surface area (Å²) in [5, 5.41) is 0. The first kappa shape index (κ1) is 18.5. The summed E-state index contributed by atoms with van der Waals surface area (Å²) in [5.41, 5.74) is 2.20. The van der Waals surface area contributed by atoms with Crippen molar-refractivity contribution in [3.8, 4) is 0 Å². The highest BCUT2D eigenvalue weighted by Crippen LogP contribution is 2.27. The molecule has 1 amide bonds. The molecule has 1 heterocycles. The Balaban J connectivity index is 1.82. The number of amides is 1. The second kappa shape index (κ2) is 6.76. The van der Waals surface area contributed by atoms with E-state index < -0.39 is 10.0 Å². The highest BCUT2D eigenvalue weighted by molar-refractivity contribution is 7.92. The molecule has 1 N–H and O–H groups in total. The van der Waals surface area contributed by atoms with Crippen LogP contribution in [0.5, 0.6) is 0 Å². The van der Waals surface area contributed by atoms with Gasteiger partial charge in [-0.15, -0.1) is 0 Å². The van der Waals surface area contributed by atoms with Gasteiger partial charge < -0.3 is 4.90 Å². The van der Waals surface area contributed by atoms with Gasteiger partial charge in [0, 0.05) is 18.7 Å². The van der Waals surface area contributed by atoms with E-state index in [0.717, 1.165) is 17.7 Å². The highest BCUT2D eigenvalue weighted by Gasteiger charge is 2.22. The molecule has 138 valence electrons. The van der Waals surface area contributed by atoms with E-state index in [4.69, 9.17) is 0 Å². The molecule has 1 saturated heterocycles. The van der Waals surface area contributed by atoms with Crippen LogP contribution in [0.25, 0.3) is 0 Å². The van der Waals surface area contributed by atoms with Gasteiger partial charge in [-0.05, 0) is 47.7 Å². The third kappa shape index (κ3) is 3.90. The van der Waals surface area contributed by atoms with E-state index in [1.54, 1.807) is 35.2 Å². The number of anilines is 2. The number of rotatable bonds is 4. The van der Waals surface area contributed by atoms with E-state index in [-0.39, 0.29) is 16.2 Å². The van der Waals surface area contributed by atoms with Gasteiger partial charge in [0.2, 0.25) is 5.91 Å². The second-order valence-corrected chi connectivity index (χ2v) is 9.26. The smallest absolute Gasteiger partial charge is 0.261 e. The Kier molecular flexibility index (Phi) is 4.80. The third-order valence-corrected chi connectivity index (χ3v) is 5.91. The molecule has 0 radical (unpaired) electrons. The van der Waals surface area contributed by atoms with Gasteiger partial charge in [0.05, 0.1) is 10.6 Å². The molecule has 0 aromatic heterocycles. The minimum absolute atomic E-state index is 0.0354. The van der Waals surface area contributed by atoms with Gasteiger partial charge in [-0.1, -0.05) is 39.0 Å². The van der Waals surface area contributed by atoms with E-state index in [2.05, 4.69) is 25.5 Å². The van der Waals surface area contributed by atoms with Crippen molar-refractivity contribution in [3.05, 3.63) is 54.1 Å². The fraction of sp³-hybridized carbons (Fsp3) is 0.350. The van der Waals surface area contributed by atoms with Crippen molar-refractivity contribution < 1.29 is 13.2 Å². The topological polar surface area (TPSA) is 66.5 Å². The van der Waals surface area contributed by atoms with Gasteiger partial charge in [-0.3, -0.25) is 9.52 Å². The van der Waals surface area contributed by atoms with Crippen molar-refractivity contribution in [3.63, 3.8) is 0 Å². The predicted molar refractivity (Wildman–Crippen MR) is 104 cm³/mol. The van der Waals surface area contributed by atoms with Crippen LogP contribution in [-0.2, 0) is 20.2 Å². The fourth-order valence-corrected chi connectivity index (χ4v) is 4.06. The quantitative estimate of drug-likeness (QED) is 0.885. The molecule has 1 fully saturated rings. The summed E-state index contributed by atoms with van der Waals surface area (Å²) < 4.78 is 27.9. The Morgan fingerprint density at radius 1 is 1.04 bits per heavy atom. The zero-order valence-corrected chi connectivity index (χ0v) is 16.1. The van der Waals surface area contributed by atoms with Crippen LogP contribution in [0.15, 0.2) is 53.4 Å². The Labute approximate surface area is 155 Å². The molecule has 0 saturated carbocycles. The van der Waals surface area contributed by atoms with Gasteiger partial charge in [0.15, 0.2) is 0 Å². The first-order chi connectivity index (χ1) is 12.2. The van der Waals surface area contributed by atoms with Gasteiger partial charge in [-0.25, -0.2) is 8.42 Å². The lowest BCUT2D eigenvalue weighted by molar-refractivity contribution is -0.117. The Hall–Kier alpha value is -2.34. The lowest BCUT2D eigenvalue weighted by Crippen LogP contribution is -2.23. The average molecular weight is 372 g/mol. The molecule has 0 aliphatic carbocycles. The monoisotopic (exact) mass is 372 g/mol. The number of hydrogen-bond donors (Lipinski definition) is 1. The van der Waals surface area contributed by atoms with E-state index in [9.17, 15) is 13.2 Å². The van der Waals surface area contributed by atoms with Crippen LogP contribution in [0.4, 0.5) is 11.4 Å². The lowest BCUT2D eigenvalue weighted by Gasteiger charge is -2.19. The van der Waals surface area contributed by atoms with Crippen LogP contribution >= 0.6 is 0 Å². The summed E-state index contributed by atoms with van der Waals surface area (Å²) in [6, 6.07) is 13.9. The zero-order chi connectivity index (χ0) is 18.9. The Bertz CT molecular complexity index is 913. The van der Waals surface area contributed by atoms with E-state index >= 15 is 0 Å². The van der Waals surface area contributed by atoms with Crippen molar-refractivity contribution in [1.29, 1.82) is 0 Å². The van der Waals surface area contributed by atoms with Gasteiger partial charge >= 0.3 is 0 Å². The number of carbonyl (C=O) groups excluding carboxylic acids is 1. The minimum atomic E-state index is -3.68. The summed E-state index contributed by atoms with van der Waals surface area (Å²) in [7, 11) is -3.68. The van der Waals surface area contributed by atoms with E-state index in [1.807, 2.05) is 18.2 Å². The summed E-state index contributed by atoms with van der Waals surface area (Å²) in [5.74, 6) is 0.0720. The maximum Gasteiger partial charge on any atom is 0.261 e. The molecular formula is C20H24N2O3S. The number of benzene rings is 2. The van der Waals surface area contributed by atoms with Crippen molar-refractivity contribution >= 4 is 27.3 Å². The van der Waals surface area contributed by atoms with E-state index in [0.29, 0.717) is 18.7 Å². The molecule has 1 aliphatic rings. The summed E-state index contributed by atoms with van der Waals surface area (Å²) in [6.07, 6.45) is 1.37. The molecule has 0 spiro atoms. The first-order valence-corrected chi connectivity index (χ1v) is 10.2. The minimum Gasteiger partial charge on any atom is -0.312 e. The Morgan fingerprint density at radius 2 is 1.73 bits per heavy atom. The third-order valence-electron chi connectivity index (χ3n) is 4.51. The number of carbonyl (C=O) groups is 1. The average Bonchev–Trinajstić information content (AvgIpc) is 3.00. The predicted octanol–water partition coefficient (Wildman–Crippen LogP) is 3.91. The highest BCUT2D eigenvalue weighted by atomic mass is 32.2. The molecule has 5 nitrogen and oxygen atoms in total. The molecule has 0 atom stereocenters. The normalized spacial score (nSPS) is 15.3. The first-order valence-electron chi connectivity index (χ1n) is 8.71. The van der Waals surface area contributed by atoms with Crippen molar-refractivity contribution in [2.45, 2.75) is 43.9 Å². The van der Waals surface area contributed by atoms with Crippen LogP contribution in [0.3, 0.4) is 0 Å². The summed E-state index contributed by atoms with van der Waals surface area (Å²) in [4.78, 5) is 13.8. The number of nitrogens with one attached hydrogen (secondary N) is 1. The number of sulfonamides is 1. The van der Waals surface area contributed by atoms with Gasteiger partial charge in [0.25, 0.3) is 10.0 Å².